The summed E-state index contributed by atoms with van der Waals surface area (Å²) in [7, 11) is 0. The first-order valence-corrected chi connectivity index (χ1v) is 5.35. The van der Waals surface area contributed by atoms with Crippen molar-refractivity contribution in [3.8, 4) is 0 Å². The normalized spacial score (nSPS) is 10.3. The van der Waals surface area contributed by atoms with Crippen LogP contribution in [0.25, 0.3) is 0 Å². The molecule has 0 bridgehead atoms. The molecule has 0 fully saturated rings. The zero-order valence-electron chi connectivity index (χ0n) is 9.95. The van der Waals surface area contributed by atoms with Crippen LogP contribution in [-0.4, -0.2) is 10.9 Å². The van der Waals surface area contributed by atoms with E-state index in [-0.39, 0.29) is 22.8 Å². The smallest absolute Gasteiger partial charge is 0.250 e. The third-order valence-corrected chi connectivity index (χ3v) is 2.47. The number of anilines is 3. The monoisotopic (exact) mass is 282 g/mol. The highest BCUT2D eigenvalue weighted by atomic mass is 19.2. The number of nitrogens with two attached hydrogens (primary N) is 2. The molecule has 2 rings (SSSR count). The highest BCUT2D eigenvalue weighted by Crippen LogP contribution is 2.23. The Morgan fingerprint density at radius 2 is 1.75 bits per heavy atom. The van der Waals surface area contributed by atoms with Crippen LogP contribution in [-0.2, 0) is 0 Å². The summed E-state index contributed by atoms with van der Waals surface area (Å²) in [5.74, 6) is -4.32. The lowest BCUT2D eigenvalue weighted by Gasteiger charge is -2.09. The summed E-state index contributed by atoms with van der Waals surface area (Å²) in [5.41, 5.74) is 10.3. The van der Waals surface area contributed by atoms with Gasteiger partial charge < -0.3 is 16.8 Å². The van der Waals surface area contributed by atoms with Crippen LogP contribution < -0.4 is 16.8 Å². The van der Waals surface area contributed by atoms with E-state index < -0.39 is 23.4 Å². The maximum atomic E-state index is 13.4. The number of nitrogens with zero attached hydrogens (tertiary/aromatic N) is 1. The number of aromatic nitrogens is 1. The van der Waals surface area contributed by atoms with E-state index in [0.717, 1.165) is 6.20 Å². The molecule has 0 spiro atoms. The first-order valence-electron chi connectivity index (χ1n) is 5.35. The number of hydrogen-bond acceptors (Lipinski definition) is 4. The number of primary amides is 1. The second-order valence-electron chi connectivity index (χ2n) is 3.89. The molecule has 104 valence electrons. The Morgan fingerprint density at radius 3 is 2.40 bits per heavy atom. The highest BCUT2D eigenvalue weighted by Gasteiger charge is 2.12. The molecule has 0 saturated carbocycles. The van der Waals surface area contributed by atoms with Crippen molar-refractivity contribution in [2.24, 2.45) is 5.73 Å². The Hall–Kier alpha value is -2.77. The Morgan fingerprint density at radius 1 is 1.10 bits per heavy atom. The summed E-state index contributed by atoms with van der Waals surface area (Å²) in [6.07, 6.45) is 1.14. The van der Waals surface area contributed by atoms with Gasteiger partial charge in [-0.05, 0) is 6.07 Å². The van der Waals surface area contributed by atoms with Crippen LogP contribution in [0.2, 0.25) is 0 Å². The summed E-state index contributed by atoms with van der Waals surface area (Å²) in [6, 6.07) is 2.20. The molecule has 2 aromatic rings. The summed E-state index contributed by atoms with van der Waals surface area (Å²) in [5, 5.41) is 2.41. The quantitative estimate of drug-likeness (QED) is 0.750. The minimum atomic E-state index is -1.31. The molecule has 1 aromatic carbocycles. The number of carbonyl (C=O) groups excluding carboxylic acids is 1. The molecule has 0 atom stereocenters. The predicted octanol–water partition coefficient (Wildman–Crippen LogP) is 1.92. The minimum Gasteiger partial charge on any atom is -0.397 e. The zero-order valence-corrected chi connectivity index (χ0v) is 9.95. The van der Waals surface area contributed by atoms with Crippen LogP contribution in [0.15, 0.2) is 24.4 Å². The van der Waals surface area contributed by atoms with Gasteiger partial charge in [-0.3, -0.25) is 4.79 Å². The van der Waals surface area contributed by atoms with E-state index in [1.54, 1.807) is 0 Å². The van der Waals surface area contributed by atoms with E-state index in [2.05, 4.69) is 10.3 Å². The van der Waals surface area contributed by atoms with Crippen LogP contribution in [0.1, 0.15) is 10.4 Å². The van der Waals surface area contributed by atoms with Crippen molar-refractivity contribution in [3.63, 3.8) is 0 Å². The Balaban J connectivity index is 2.38. The van der Waals surface area contributed by atoms with E-state index in [0.29, 0.717) is 12.1 Å². The molecule has 5 nitrogen and oxygen atoms in total. The average molecular weight is 282 g/mol. The molecule has 5 N–H and O–H groups in total. The number of pyridine rings is 1. The van der Waals surface area contributed by atoms with Gasteiger partial charge in [-0.2, -0.15) is 0 Å². The number of rotatable bonds is 3. The number of benzene rings is 1. The van der Waals surface area contributed by atoms with Crippen molar-refractivity contribution >= 4 is 23.1 Å². The lowest BCUT2D eigenvalue weighted by Crippen LogP contribution is -2.14. The van der Waals surface area contributed by atoms with Gasteiger partial charge in [0.1, 0.15) is 11.6 Å². The van der Waals surface area contributed by atoms with Crippen molar-refractivity contribution in [2.75, 3.05) is 11.1 Å². The van der Waals surface area contributed by atoms with Crippen LogP contribution >= 0.6 is 0 Å². The van der Waals surface area contributed by atoms with E-state index in [1.165, 1.54) is 6.07 Å². The van der Waals surface area contributed by atoms with Gasteiger partial charge in [-0.1, -0.05) is 0 Å². The van der Waals surface area contributed by atoms with Gasteiger partial charge in [-0.15, -0.1) is 0 Å². The van der Waals surface area contributed by atoms with Gasteiger partial charge in [-0.25, -0.2) is 18.2 Å². The van der Waals surface area contributed by atoms with Crippen LogP contribution in [0.4, 0.5) is 30.4 Å². The molecular weight excluding hydrogens is 273 g/mol. The molecule has 0 unspecified atom stereocenters. The molecule has 20 heavy (non-hydrogen) atoms. The number of carbonyl (C=O) groups is 1. The fraction of sp³-hybridized carbons (Fsp3) is 0. The predicted molar refractivity (Wildman–Crippen MR) is 66.8 cm³/mol. The van der Waals surface area contributed by atoms with Crippen LogP contribution in [0.5, 0.6) is 0 Å². The molecule has 0 aliphatic heterocycles. The molecule has 0 radical (unpaired) electrons. The Kier molecular flexibility index (Phi) is 3.47. The number of nitrogen functional groups attached to an aromatic ring is 1. The van der Waals surface area contributed by atoms with E-state index in [1.807, 2.05) is 0 Å². The Labute approximate surface area is 111 Å². The first-order chi connectivity index (χ1) is 9.38. The molecule has 0 aliphatic rings. The number of amides is 1. The van der Waals surface area contributed by atoms with Gasteiger partial charge in [0, 0.05) is 12.1 Å². The molecule has 1 aromatic heterocycles. The van der Waals surface area contributed by atoms with E-state index in [9.17, 15) is 18.0 Å². The molecule has 0 saturated heterocycles. The van der Waals surface area contributed by atoms with Crippen molar-refractivity contribution < 1.29 is 18.0 Å². The minimum absolute atomic E-state index is 0.0120. The zero-order chi connectivity index (χ0) is 14.9. The molecular formula is C12H9F3N4O. The van der Waals surface area contributed by atoms with Crippen molar-refractivity contribution in [2.45, 2.75) is 0 Å². The van der Waals surface area contributed by atoms with Gasteiger partial charge >= 0.3 is 0 Å². The Bertz CT molecular complexity index is 691. The van der Waals surface area contributed by atoms with Crippen molar-refractivity contribution in [1.82, 2.24) is 4.98 Å². The SMILES string of the molecule is NC(=O)c1cc(Nc2cc(F)c(F)cc2F)ncc1N. The highest BCUT2D eigenvalue weighted by molar-refractivity contribution is 5.98. The molecule has 1 amide bonds. The fourth-order valence-corrected chi connectivity index (χ4v) is 1.50. The molecule has 0 aliphatic carbocycles. The van der Waals surface area contributed by atoms with Gasteiger partial charge in [0.2, 0.25) is 0 Å². The number of nitrogens with one attached hydrogen (secondary N) is 1. The summed E-state index contributed by atoms with van der Waals surface area (Å²) in [4.78, 5) is 14.9. The second-order valence-corrected chi connectivity index (χ2v) is 3.89. The van der Waals surface area contributed by atoms with Crippen molar-refractivity contribution in [1.29, 1.82) is 0 Å². The summed E-state index contributed by atoms with van der Waals surface area (Å²) in [6.45, 7) is 0. The maximum absolute atomic E-state index is 13.4. The topological polar surface area (TPSA) is 94.0 Å². The van der Waals surface area contributed by atoms with Gasteiger partial charge in [0.05, 0.1) is 23.1 Å². The molecule has 1 heterocycles. The third kappa shape index (κ3) is 2.63. The average Bonchev–Trinajstić information content (AvgIpc) is 2.37. The largest absolute Gasteiger partial charge is 0.397 e. The third-order valence-electron chi connectivity index (χ3n) is 2.47. The fourth-order valence-electron chi connectivity index (χ4n) is 1.50. The van der Waals surface area contributed by atoms with E-state index in [4.69, 9.17) is 11.5 Å². The van der Waals surface area contributed by atoms with Crippen LogP contribution in [0.3, 0.4) is 0 Å². The molecule has 8 heteroatoms. The summed E-state index contributed by atoms with van der Waals surface area (Å²) < 4.78 is 39.3. The van der Waals surface area contributed by atoms with Crippen molar-refractivity contribution in [3.05, 3.63) is 47.4 Å². The lowest BCUT2D eigenvalue weighted by atomic mass is 10.2. The standard InChI is InChI=1S/C12H9F3N4O/c13-6-2-8(15)10(3-7(6)14)19-11-1-5(12(17)20)9(16)4-18-11/h1-4H,16H2,(H2,17,20)(H,18,19). The maximum Gasteiger partial charge on any atom is 0.250 e. The number of hydrogen-bond donors (Lipinski definition) is 3. The van der Waals surface area contributed by atoms with Gasteiger partial charge in [0.15, 0.2) is 11.6 Å². The number of halogens is 3. The van der Waals surface area contributed by atoms with Gasteiger partial charge in [0.25, 0.3) is 5.91 Å². The van der Waals surface area contributed by atoms with E-state index >= 15 is 0 Å². The van der Waals surface area contributed by atoms with Crippen LogP contribution in [0, 0.1) is 17.5 Å². The second kappa shape index (κ2) is 5.08. The summed E-state index contributed by atoms with van der Waals surface area (Å²) >= 11 is 0. The first kappa shape index (κ1) is 13.7. The lowest BCUT2D eigenvalue weighted by molar-refractivity contribution is 0.100.